The second-order valence-electron chi connectivity index (χ2n) is 19.2. The summed E-state index contributed by atoms with van der Waals surface area (Å²) in [4.78, 5) is 38.1. The minimum Gasteiger partial charge on any atom is -0.462 e. The lowest BCUT2D eigenvalue weighted by Gasteiger charge is -2.18. The number of rotatable bonds is 52. The second-order valence-corrected chi connectivity index (χ2v) is 19.2. The van der Waals surface area contributed by atoms with E-state index >= 15 is 0 Å². The first-order valence-corrected chi connectivity index (χ1v) is 29.2. The van der Waals surface area contributed by atoms with Crippen molar-refractivity contribution in [3.63, 3.8) is 0 Å². The predicted molar refractivity (Wildman–Crippen MR) is 302 cm³/mol. The van der Waals surface area contributed by atoms with E-state index in [0.717, 1.165) is 89.9 Å². The minimum absolute atomic E-state index is 0.105. The molecule has 6 nitrogen and oxygen atoms in total. The van der Waals surface area contributed by atoms with Crippen LogP contribution < -0.4 is 0 Å². The lowest BCUT2D eigenvalue weighted by molar-refractivity contribution is -0.166. The maximum Gasteiger partial charge on any atom is 0.306 e. The topological polar surface area (TPSA) is 78.9 Å². The summed E-state index contributed by atoms with van der Waals surface area (Å²) in [6, 6.07) is 0. The third-order valence-electron chi connectivity index (χ3n) is 12.3. The summed E-state index contributed by atoms with van der Waals surface area (Å²) in [5.41, 5.74) is 0. The van der Waals surface area contributed by atoms with Crippen molar-refractivity contribution in [3.05, 3.63) is 97.2 Å². The molecule has 70 heavy (non-hydrogen) atoms. The monoisotopic (exact) mass is 973 g/mol. The van der Waals surface area contributed by atoms with Crippen LogP contribution in [0.25, 0.3) is 0 Å². The van der Waals surface area contributed by atoms with Crippen molar-refractivity contribution in [2.75, 3.05) is 13.2 Å². The number of hydrogen-bond donors (Lipinski definition) is 0. The molecule has 0 amide bonds. The van der Waals surface area contributed by atoms with E-state index in [1.54, 1.807) is 0 Å². The molecule has 0 saturated heterocycles. The Labute approximate surface area is 432 Å². The van der Waals surface area contributed by atoms with E-state index in [-0.39, 0.29) is 37.5 Å². The summed E-state index contributed by atoms with van der Waals surface area (Å²) in [5.74, 6) is -1.00. The molecule has 0 radical (unpaired) electrons. The van der Waals surface area contributed by atoms with E-state index in [0.29, 0.717) is 19.3 Å². The molecular formula is C64H108O6. The highest BCUT2D eigenvalue weighted by atomic mass is 16.6. The Morgan fingerprint density at radius 2 is 0.586 bits per heavy atom. The number of allylic oxidation sites excluding steroid dienone is 16. The van der Waals surface area contributed by atoms with Gasteiger partial charge in [0.1, 0.15) is 13.2 Å². The smallest absolute Gasteiger partial charge is 0.306 e. The Morgan fingerprint density at radius 1 is 0.300 bits per heavy atom. The van der Waals surface area contributed by atoms with Crippen LogP contribution in [-0.4, -0.2) is 37.2 Å². The average molecular weight is 974 g/mol. The predicted octanol–water partition coefficient (Wildman–Crippen LogP) is 19.7. The van der Waals surface area contributed by atoms with Crippen molar-refractivity contribution in [3.8, 4) is 0 Å². The van der Waals surface area contributed by atoms with Gasteiger partial charge in [-0.05, 0) is 109 Å². The highest BCUT2D eigenvalue weighted by molar-refractivity contribution is 5.71. The van der Waals surface area contributed by atoms with Crippen LogP contribution in [0.1, 0.15) is 271 Å². The van der Waals surface area contributed by atoms with Crippen molar-refractivity contribution in [2.24, 2.45) is 0 Å². The molecule has 0 heterocycles. The Bertz CT molecular complexity index is 1400. The number of esters is 3. The van der Waals surface area contributed by atoms with Crippen LogP contribution in [0.3, 0.4) is 0 Å². The van der Waals surface area contributed by atoms with E-state index in [1.807, 2.05) is 6.08 Å². The van der Waals surface area contributed by atoms with E-state index in [1.165, 1.54) is 135 Å². The van der Waals surface area contributed by atoms with Crippen molar-refractivity contribution in [1.29, 1.82) is 0 Å². The van der Waals surface area contributed by atoms with Crippen molar-refractivity contribution in [1.82, 2.24) is 0 Å². The molecule has 0 saturated carbocycles. The number of ether oxygens (including phenoxy) is 3. The molecule has 0 aromatic carbocycles. The van der Waals surface area contributed by atoms with Gasteiger partial charge in [0, 0.05) is 19.3 Å². The largest absolute Gasteiger partial charge is 0.462 e. The first-order chi connectivity index (χ1) is 34.5. The van der Waals surface area contributed by atoms with Crippen LogP contribution in [0, 0.1) is 0 Å². The Hall–Kier alpha value is -3.67. The lowest BCUT2D eigenvalue weighted by Crippen LogP contribution is -2.30. The molecule has 0 fully saturated rings. The van der Waals surface area contributed by atoms with Crippen molar-refractivity contribution >= 4 is 17.9 Å². The number of hydrogen-bond acceptors (Lipinski definition) is 6. The quantitative estimate of drug-likeness (QED) is 0.0262. The molecule has 400 valence electrons. The van der Waals surface area contributed by atoms with Gasteiger partial charge in [-0.15, -0.1) is 0 Å². The fourth-order valence-electron chi connectivity index (χ4n) is 7.93. The van der Waals surface area contributed by atoms with Gasteiger partial charge in [-0.1, -0.05) is 240 Å². The highest BCUT2D eigenvalue weighted by Crippen LogP contribution is 2.15. The molecule has 0 aliphatic heterocycles. The Morgan fingerprint density at radius 3 is 0.971 bits per heavy atom. The molecule has 0 bridgehead atoms. The first kappa shape index (κ1) is 66.3. The maximum absolute atomic E-state index is 12.8. The van der Waals surface area contributed by atoms with E-state index < -0.39 is 6.10 Å². The molecule has 6 heteroatoms. The van der Waals surface area contributed by atoms with Crippen LogP contribution in [0.15, 0.2) is 97.2 Å². The number of carbonyl (C=O) groups excluding carboxylic acids is 3. The van der Waals surface area contributed by atoms with Gasteiger partial charge < -0.3 is 14.2 Å². The van der Waals surface area contributed by atoms with Crippen LogP contribution in [0.5, 0.6) is 0 Å². The minimum atomic E-state index is -0.813. The molecule has 0 N–H and O–H groups in total. The van der Waals surface area contributed by atoms with Gasteiger partial charge in [-0.3, -0.25) is 14.4 Å². The third-order valence-corrected chi connectivity index (χ3v) is 12.3. The normalized spacial score (nSPS) is 12.8. The van der Waals surface area contributed by atoms with Crippen molar-refractivity contribution in [2.45, 2.75) is 277 Å². The molecule has 1 unspecified atom stereocenters. The Kier molecular flexibility index (Phi) is 54.9. The average Bonchev–Trinajstić information content (AvgIpc) is 3.36. The summed E-state index contributed by atoms with van der Waals surface area (Å²) in [6.45, 7) is 6.43. The summed E-state index contributed by atoms with van der Waals surface area (Å²) < 4.78 is 16.8. The molecule has 0 aromatic heterocycles. The SMILES string of the molecule is CC/C=C\C/C=C\C/C=C\C/C=C\CCC(=O)OCC(COC(=O)CCCCCCCCCCCC/C=C\C/C=C\C/C=C\CCCCCCC)OC(=O)CCCCCCC/C=C\CCCCCCC. The third kappa shape index (κ3) is 55.3. The lowest BCUT2D eigenvalue weighted by atomic mass is 10.1. The number of carbonyl (C=O) groups is 3. The highest BCUT2D eigenvalue weighted by Gasteiger charge is 2.19. The standard InChI is InChI=1S/C64H108O6/c1-4-7-10-13-16-19-22-25-27-28-29-30-31-32-33-34-35-36-37-40-42-45-48-51-54-57-63(66)69-60-61(59-68-62(65)56-53-50-47-44-41-38-24-21-18-15-12-9-6-3)70-64(67)58-55-52-49-46-43-39-26-23-20-17-14-11-8-5-2/h9,12,18,21-23,25-26,28-29,31-32,38,41,47,50,61H,4-8,10-11,13-17,19-20,24,27,30,33-37,39-40,42-46,48-49,51-60H2,1-3H3/b12-9-,21-18-,25-22-,26-23-,29-28-,32-31-,41-38-,50-47-. The fraction of sp³-hybridized carbons (Fsp3) is 0.703. The van der Waals surface area contributed by atoms with E-state index in [4.69, 9.17) is 14.2 Å². The second kappa shape index (κ2) is 57.9. The van der Waals surface area contributed by atoms with Crippen LogP contribution >= 0.6 is 0 Å². The fourth-order valence-corrected chi connectivity index (χ4v) is 7.93. The molecule has 0 aromatic rings. The zero-order valence-electron chi connectivity index (χ0n) is 45.8. The molecule has 1 atom stereocenters. The van der Waals surface area contributed by atoms with Gasteiger partial charge in [-0.25, -0.2) is 0 Å². The van der Waals surface area contributed by atoms with Gasteiger partial charge in [0.25, 0.3) is 0 Å². The summed E-state index contributed by atoms with van der Waals surface area (Å²) in [5, 5.41) is 0. The van der Waals surface area contributed by atoms with Gasteiger partial charge in [0.2, 0.25) is 0 Å². The zero-order chi connectivity index (χ0) is 50.7. The van der Waals surface area contributed by atoms with Crippen LogP contribution in [-0.2, 0) is 28.6 Å². The molecule has 0 aliphatic rings. The van der Waals surface area contributed by atoms with Gasteiger partial charge in [-0.2, -0.15) is 0 Å². The summed E-state index contributed by atoms with van der Waals surface area (Å²) >= 11 is 0. The van der Waals surface area contributed by atoms with E-state index in [2.05, 4.69) is 112 Å². The first-order valence-electron chi connectivity index (χ1n) is 29.2. The van der Waals surface area contributed by atoms with Gasteiger partial charge >= 0.3 is 17.9 Å². The zero-order valence-corrected chi connectivity index (χ0v) is 45.8. The number of unbranched alkanes of at least 4 members (excludes halogenated alkanes) is 25. The van der Waals surface area contributed by atoms with Crippen LogP contribution in [0.2, 0.25) is 0 Å². The van der Waals surface area contributed by atoms with Crippen molar-refractivity contribution < 1.29 is 28.6 Å². The van der Waals surface area contributed by atoms with Gasteiger partial charge in [0.15, 0.2) is 6.10 Å². The van der Waals surface area contributed by atoms with Crippen LogP contribution in [0.4, 0.5) is 0 Å². The molecule has 0 rings (SSSR count). The molecule has 0 spiro atoms. The Balaban J connectivity index is 4.35. The summed E-state index contributed by atoms with van der Waals surface area (Å²) in [7, 11) is 0. The molecular weight excluding hydrogens is 865 g/mol. The van der Waals surface area contributed by atoms with Gasteiger partial charge in [0.05, 0.1) is 0 Å². The van der Waals surface area contributed by atoms with E-state index in [9.17, 15) is 14.4 Å². The summed E-state index contributed by atoms with van der Waals surface area (Å²) in [6.07, 6.45) is 77.1. The molecule has 0 aliphatic carbocycles. The maximum atomic E-state index is 12.8.